The molecule has 28 heavy (non-hydrogen) atoms. The quantitative estimate of drug-likeness (QED) is 0.647. The molecule has 7 nitrogen and oxygen atoms in total. The molecule has 2 unspecified atom stereocenters. The summed E-state index contributed by atoms with van der Waals surface area (Å²) in [6.45, 7) is 1.48. The molecule has 0 aliphatic carbocycles. The summed E-state index contributed by atoms with van der Waals surface area (Å²) < 4.78 is 28.6. The third-order valence-electron chi connectivity index (χ3n) is 4.64. The molecule has 0 radical (unpaired) electrons. The van der Waals surface area contributed by atoms with Crippen molar-refractivity contribution in [3.05, 3.63) is 59.8 Å². The van der Waals surface area contributed by atoms with E-state index < -0.39 is 35.5 Å². The van der Waals surface area contributed by atoms with Crippen LogP contribution in [0, 0.1) is 17.6 Å². The number of aromatic amines is 1. The van der Waals surface area contributed by atoms with E-state index in [9.17, 15) is 18.4 Å². The Morgan fingerprint density at radius 1 is 1.18 bits per heavy atom. The molecule has 3 amide bonds. The fourth-order valence-electron chi connectivity index (χ4n) is 3.35. The van der Waals surface area contributed by atoms with Crippen molar-refractivity contribution >= 4 is 34.2 Å². The predicted molar refractivity (Wildman–Crippen MR) is 99.0 cm³/mol. The van der Waals surface area contributed by atoms with Crippen LogP contribution >= 0.6 is 0 Å². The number of hydrogen-bond acceptors (Lipinski definition) is 3. The van der Waals surface area contributed by atoms with Gasteiger partial charge in [-0.25, -0.2) is 18.6 Å². The first kappa shape index (κ1) is 17.8. The van der Waals surface area contributed by atoms with Gasteiger partial charge in [0.25, 0.3) is 0 Å². The molecule has 2 atom stereocenters. The molecule has 0 fully saturated rings. The highest BCUT2D eigenvalue weighted by atomic mass is 19.1. The van der Waals surface area contributed by atoms with Gasteiger partial charge in [-0.3, -0.25) is 9.89 Å². The van der Waals surface area contributed by atoms with Gasteiger partial charge in [0.2, 0.25) is 5.91 Å². The number of aliphatic imine (C=N–C) groups is 1. The SMILES string of the molecule is CC1=NC(=O)NC(c2c(F)cccc2F)C1C(=O)Nc1ccc2[nH]ncc2c1. The molecule has 0 spiro atoms. The Morgan fingerprint density at radius 3 is 2.68 bits per heavy atom. The number of hydrogen-bond donors (Lipinski definition) is 3. The van der Waals surface area contributed by atoms with Gasteiger partial charge in [-0.1, -0.05) is 6.07 Å². The fourth-order valence-corrected chi connectivity index (χ4v) is 3.35. The van der Waals surface area contributed by atoms with Crippen LogP contribution < -0.4 is 10.6 Å². The third-order valence-corrected chi connectivity index (χ3v) is 4.64. The van der Waals surface area contributed by atoms with E-state index in [4.69, 9.17) is 0 Å². The number of carbonyl (C=O) groups excluding carboxylic acids is 2. The molecule has 2 aromatic carbocycles. The number of nitrogens with zero attached hydrogens (tertiary/aromatic N) is 2. The van der Waals surface area contributed by atoms with Crippen LogP contribution in [0.2, 0.25) is 0 Å². The lowest BCUT2D eigenvalue weighted by molar-refractivity contribution is -0.118. The molecule has 2 heterocycles. The van der Waals surface area contributed by atoms with Gasteiger partial charge in [0, 0.05) is 22.3 Å². The van der Waals surface area contributed by atoms with Crippen molar-refractivity contribution in [2.45, 2.75) is 13.0 Å². The zero-order valence-electron chi connectivity index (χ0n) is 14.7. The average Bonchev–Trinajstić information content (AvgIpc) is 3.08. The topological polar surface area (TPSA) is 99.2 Å². The number of aromatic nitrogens is 2. The monoisotopic (exact) mass is 383 g/mol. The highest BCUT2D eigenvalue weighted by molar-refractivity contribution is 6.13. The standard InChI is InChI=1S/C19H15F2N5O2/c1-9-15(18(27)24-11-5-6-14-10(7-11)8-22-26-14)17(25-19(28)23-9)16-12(20)3-2-4-13(16)21/h2-8,15,17H,1H3,(H,22,26)(H,24,27)(H,25,28). The molecule has 4 rings (SSSR count). The van der Waals surface area contributed by atoms with Gasteiger partial charge in [-0.05, 0) is 37.3 Å². The summed E-state index contributed by atoms with van der Waals surface area (Å²) in [5.74, 6) is -3.32. The van der Waals surface area contributed by atoms with Crippen LogP contribution in [0.5, 0.6) is 0 Å². The summed E-state index contributed by atoms with van der Waals surface area (Å²) in [7, 11) is 0. The Morgan fingerprint density at radius 2 is 1.93 bits per heavy atom. The maximum atomic E-state index is 14.3. The third kappa shape index (κ3) is 3.11. The second kappa shape index (κ2) is 6.84. The number of amides is 3. The summed E-state index contributed by atoms with van der Waals surface area (Å²) in [5.41, 5.74) is 1.07. The first-order valence-electron chi connectivity index (χ1n) is 8.47. The van der Waals surface area contributed by atoms with E-state index in [2.05, 4.69) is 25.8 Å². The minimum absolute atomic E-state index is 0.165. The van der Waals surface area contributed by atoms with Gasteiger partial charge in [0.15, 0.2) is 0 Å². The lowest BCUT2D eigenvalue weighted by Crippen LogP contribution is -2.46. The zero-order chi connectivity index (χ0) is 19.8. The van der Waals surface area contributed by atoms with E-state index in [1.165, 1.54) is 13.0 Å². The number of halogens is 2. The van der Waals surface area contributed by atoms with Gasteiger partial charge in [0.1, 0.15) is 17.6 Å². The summed E-state index contributed by atoms with van der Waals surface area (Å²) in [4.78, 5) is 28.5. The first-order chi connectivity index (χ1) is 13.4. The van der Waals surface area contributed by atoms with E-state index >= 15 is 0 Å². The van der Waals surface area contributed by atoms with Crippen molar-refractivity contribution in [2.24, 2.45) is 10.9 Å². The maximum absolute atomic E-state index is 14.3. The molecular formula is C19H15F2N5O2. The zero-order valence-corrected chi connectivity index (χ0v) is 14.7. The smallest absolute Gasteiger partial charge is 0.328 e. The molecule has 0 bridgehead atoms. The number of fused-ring (bicyclic) bond motifs is 1. The largest absolute Gasteiger partial charge is 0.341 e. The number of benzene rings is 2. The van der Waals surface area contributed by atoms with E-state index in [0.29, 0.717) is 5.69 Å². The molecule has 3 aromatic rings. The normalized spacial score (nSPS) is 19.2. The van der Waals surface area contributed by atoms with E-state index in [0.717, 1.165) is 23.0 Å². The Balaban J connectivity index is 1.70. The number of carbonyl (C=O) groups is 2. The number of anilines is 1. The molecule has 9 heteroatoms. The van der Waals surface area contributed by atoms with E-state index in [-0.39, 0.29) is 11.3 Å². The molecule has 0 saturated heterocycles. The average molecular weight is 383 g/mol. The van der Waals surface area contributed by atoms with E-state index in [1.54, 1.807) is 24.4 Å². The van der Waals surface area contributed by atoms with Crippen molar-refractivity contribution in [3.8, 4) is 0 Å². The van der Waals surface area contributed by atoms with Crippen LogP contribution in [-0.2, 0) is 4.79 Å². The highest BCUT2D eigenvalue weighted by Gasteiger charge is 2.39. The van der Waals surface area contributed by atoms with Crippen molar-refractivity contribution in [2.75, 3.05) is 5.32 Å². The van der Waals surface area contributed by atoms with Gasteiger partial charge in [0.05, 0.1) is 17.8 Å². The summed E-state index contributed by atoms with van der Waals surface area (Å²) >= 11 is 0. The Labute approximate surface area is 157 Å². The lowest BCUT2D eigenvalue weighted by atomic mass is 9.87. The van der Waals surface area contributed by atoms with Gasteiger partial charge in [-0.15, -0.1) is 0 Å². The van der Waals surface area contributed by atoms with Crippen molar-refractivity contribution in [3.63, 3.8) is 0 Å². The summed E-state index contributed by atoms with van der Waals surface area (Å²) in [6.07, 6.45) is 1.61. The van der Waals surface area contributed by atoms with Crippen LogP contribution in [0.3, 0.4) is 0 Å². The molecule has 0 saturated carbocycles. The van der Waals surface area contributed by atoms with Crippen LogP contribution in [0.15, 0.2) is 47.6 Å². The predicted octanol–water partition coefficient (Wildman–Crippen LogP) is 3.32. The number of H-pyrrole nitrogens is 1. The Bertz CT molecular complexity index is 1100. The number of urea groups is 1. The second-order valence-corrected chi connectivity index (χ2v) is 6.45. The van der Waals surface area contributed by atoms with Crippen LogP contribution in [0.4, 0.5) is 19.3 Å². The Hall–Kier alpha value is -3.62. The van der Waals surface area contributed by atoms with Gasteiger partial charge < -0.3 is 10.6 Å². The molecule has 1 aromatic heterocycles. The minimum atomic E-state index is -1.22. The van der Waals surface area contributed by atoms with Crippen LogP contribution in [-0.4, -0.2) is 27.8 Å². The first-order valence-corrected chi connectivity index (χ1v) is 8.47. The molecule has 142 valence electrons. The van der Waals surface area contributed by atoms with Crippen molar-refractivity contribution < 1.29 is 18.4 Å². The van der Waals surface area contributed by atoms with Gasteiger partial charge >= 0.3 is 6.03 Å². The lowest BCUT2D eigenvalue weighted by Gasteiger charge is -2.30. The molecule has 1 aliphatic rings. The summed E-state index contributed by atoms with van der Waals surface area (Å²) in [6, 6.07) is 6.53. The number of rotatable bonds is 3. The Kier molecular flexibility index (Phi) is 4.34. The fraction of sp³-hybridized carbons (Fsp3) is 0.158. The van der Waals surface area contributed by atoms with Crippen molar-refractivity contribution in [1.82, 2.24) is 15.5 Å². The van der Waals surface area contributed by atoms with Crippen molar-refractivity contribution in [1.29, 1.82) is 0 Å². The summed E-state index contributed by atoms with van der Waals surface area (Å²) in [5, 5.41) is 12.6. The molecule has 1 aliphatic heterocycles. The number of nitrogens with one attached hydrogen (secondary N) is 3. The highest BCUT2D eigenvalue weighted by Crippen LogP contribution is 2.31. The van der Waals surface area contributed by atoms with Gasteiger partial charge in [-0.2, -0.15) is 5.10 Å². The van der Waals surface area contributed by atoms with Crippen LogP contribution in [0.1, 0.15) is 18.5 Å². The van der Waals surface area contributed by atoms with E-state index in [1.807, 2.05) is 0 Å². The molecule has 3 N–H and O–H groups in total. The minimum Gasteiger partial charge on any atom is -0.328 e. The van der Waals surface area contributed by atoms with Crippen LogP contribution in [0.25, 0.3) is 10.9 Å². The molecular weight excluding hydrogens is 368 g/mol. The maximum Gasteiger partial charge on any atom is 0.341 e. The second-order valence-electron chi connectivity index (χ2n) is 6.45.